The van der Waals surface area contributed by atoms with E-state index in [1.807, 2.05) is 11.7 Å². The molecule has 0 bridgehead atoms. The summed E-state index contributed by atoms with van der Waals surface area (Å²) in [6.45, 7) is 2.89. The van der Waals surface area contributed by atoms with Gasteiger partial charge in [0, 0.05) is 11.1 Å². The third-order valence-corrected chi connectivity index (χ3v) is 3.88. The summed E-state index contributed by atoms with van der Waals surface area (Å²) in [4.78, 5) is 5.44. The number of benzene rings is 1. The summed E-state index contributed by atoms with van der Waals surface area (Å²) in [5.74, 6) is 0.511. The SMILES string of the molecule is Cc1ccccc1CC(CN)Cc1cncs1. The van der Waals surface area contributed by atoms with Gasteiger partial charge in [0.05, 0.1) is 5.51 Å². The highest BCUT2D eigenvalue weighted by Crippen LogP contribution is 2.18. The maximum atomic E-state index is 5.87. The minimum absolute atomic E-state index is 0.511. The van der Waals surface area contributed by atoms with Crippen LogP contribution in [0.5, 0.6) is 0 Å². The fourth-order valence-corrected chi connectivity index (χ4v) is 2.73. The van der Waals surface area contributed by atoms with Gasteiger partial charge in [0.15, 0.2) is 0 Å². The van der Waals surface area contributed by atoms with E-state index in [4.69, 9.17) is 5.73 Å². The molecule has 2 aromatic rings. The zero-order valence-corrected chi connectivity index (χ0v) is 10.9. The van der Waals surface area contributed by atoms with Crippen molar-refractivity contribution >= 4 is 11.3 Å². The average molecular weight is 246 g/mol. The van der Waals surface area contributed by atoms with E-state index in [1.165, 1.54) is 16.0 Å². The first-order valence-corrected chi connectivity index (χ1v) is 6.79. The third kappa shape index (κ3) is 3.38. The van der Waals surface area contributed by atoms with Gasteiger partial charge in [-0.15, -0.1) is 11.3 Å². The molecule has 3 heteroatoms. The first kappa shape index (κ1) is 12.3. The van der Waals surface area contributed by atoms with E-state index in [1.54, 1.807) is 11.3 Å². The molecule has 0 amide bonds. The van der Waals surface area contributed by atoms with Crippen LogP contribution in [0.2, 0.25) is 0 Å². The number of thiazole rings is 1. The number of aryl methyl sites for hydroxylation is 1. The second-order valence-corrected chi connectivity index (χ2v) is 5.38. The van der Waals surface area contributed by atoms with Crippen molar-refractivity contribution in [3.63, 3.8) is 0 Å². The number of rotatable bonds is 5. The van der Waals surface area contributed by atoms with Crippen molar-refractivity contribution in [1.29, 1.82) is 0 Å². The van der Waals surface area contributed by atoms with Crippen LogP contribution in [-0.2, 0) is 12.8 Å². The molecule has 0 saturated heterocycles. The Morgan fingerprint density at radius 1 is 1.29 bits per heavy atom. The molecule has 0 saturated carbocycles. The molecule has 0 aliphatic rings. The Balaban J connectivity index is 2.03. The Morgan fingerprint density at radius 3 is 2.76 bits per heavy atom. The first-order chi connectivity index (χ1) is 8.29. The minimum atomic E-state index is 0.511. The molecule has 1 heterocycles. The van der Waals surface area contributed by atoms with Gasteiger partial charge in [0.2, 0.25) is 0 Å². The average Bonchev–Trinajstić information content (AvgIpc) is 2.84. The van der Waals surface area contributed by atoms with Crippen LogP contribution >= 0.6 is 11.3 Å². The van der Waals surface area contributed by atoms with E-state index >= 15 is 0 Å². The smallest absolute Gasteiger partial charge is 0.0794 e. The third-order valence-electron chi connectivity index (χ3n) is 3.08. The lowest BCUT2D eigenvalue weighted by Gasteiger charge is -2.15. The van der Waals surface area contributed by atoms with Crippen molar-refractivity contribution in [3.8, 4) is 0 Å². The standard InChI is InChI=1S/C14H18N2S/c1-11-4-2-3-5-13(11)6-12(8-15)7-14-9-16-10-17-14/h2-5,9-10,12H,6-8,15H2,1H3. The van der Waals surface area contributed by atoms with Gasteiger partial charge in [-0.2, -0.15) is 0 Å². The maximum Gasteiger partial charge on any atom is 0.0794 e. The van der Waals surface area contributed by atoms with E-state index in [-0.39, 0.29) is 0 Å². The summed E-state index contributed by atoms with van der Waals surface area (Å²) >= 11 is 1.71. The second kappa shape index (κ2) is 5.94. The lowest BCUT2D eigenvalue weighted by molar-refractivity contribution is 0.536. The molecule has 0 radical (unpaired) electrons. The highest BCUT2D eigenvalue weighted by atomic mass is 32.1. The van der Waals surface area contributed by atoms with E-state index in [0.717, 1.165) is 19.4 Å². The Morgan fingerprint density at radius 2 is 2.12 bits per heavy atom. The quantitative estimate of drug-likeness (QED) is 0.881. The van der Waals surface area contributed by atoms with Crippen molar-refractivity contribution in [1.82, 2.24) is 4.98 Å². The highest BCUT2D eigenvalue weighted by molar-refractivity contribution is 7.09. The van der Waals surface area contributed by atoms with Gasteiger partial charge in [0.1, 0.15) is 0 Å². The number of aromatic nitrogens is 1. The molecule has 2 nitrogen and oxygen atoms in total. The Bertz CT molecular complexity index is 451. The van der Waals surface area contributed by atoms with Gasteiger partial charge in [-0.05, 0) is 43.4 Å². The summed E-state index contributed by atoms with van der Waals surface area (Å²) in [5, 5.41) is 0. The van der Waals surface area contributed by atoms with Crippen LogP contribution < -0.4 is 5.73 Å². The molecule has 1 aromatic heterocycles. The van der Waals surface area contributed by atoms with Crippen molar-refractivity contribution in [2.75, 3.05) is 6.54 Å². The molecule has 0 aliphatic heterocycles. The molecule has 0 fully saturated rings. The van der Waals surface area contributed by atoms with Crippen molar-refractivity contribution in [2.45, 2.75) is 19.8 Å². The van der Waals surface area contributed by atoms with E-state index in [2.05, 4.69) is 36.2 Å². The summed E-state index contributed by atoms with van der Waals surface area (Å²) in [7, 11) is 0. The lowest BCUT2D eigenvalue weighted by atomic mass is 9.93. The van der Waals surface area contributed by atoms with Gasteiger partial charge < -0.3 is 5.73 Å². The lowest BCUT2D eigenvalue weighted by Crippen LogP contribution is -2.19. The Hall–Kier alpha value is -1.19. The van der Waals surface area contributed by atoms with E-state index < -0.39 is 0 Å². The summed E-state index contributed by atoms with van der Waals surface area (Å²) in [6.07, 6.45) is 4.04. The van der Waals surface area contributed by atoms with Crippen molar-refractivity contribution < 1.29 is 0 Å². The van der Waals surface area contributed by atoms with Crippen LogP contribution in [0.4, 0.5) is 0 Å². The molecular weight excluding hydrogens is 228 g/mol. The number of hydrogen-bond acceptors (Lipinski definition) is 3. The molecule has 2 N–H and O–H groups in total. The summed E-state index contributed by atoms with van der Waals surface area (Å²) in [6, 6.07) is 8.54. The van der Waals surface area contributed by atoms with E-state index in [9.17, 15) is 0 Å². The van der Waals surface area contributed by atoms with Crippen LogP contribution in [0.1, 0.15) is 16.0 Å². The normalized spacial score (nSPS) is 12.6. The summed E-state index contributed by atoms with van der Waals surface area (Å²) < 4.78 is 0. The van der Waals surface area contributed by atoms with Gasteiger partial charge in [-0.1, -0.05) is 24.3 Å². The molecule has 0 aliphatic carbocycles. The van der Waals surface area contributed by atoms with Crippen LogP contribution in [-0.4, -0.2) is 11.5 Å². The van der Waals surface area contributed by atoms with Crippen molar-refractivity contribution in [2.24, 2.45) is 11.7 Å². The number of nitrogens with zero attached hydrogens (tertiary/aromatic N) is 1. The molecular formula is C14H18N2S. The van der Waals surface area contributed by atoms with Crippen molar-refractivity contribution in [3.05, 3.63) is 52.0 Å². The molecule has 2 rings (SSSR count). The highest BCUT2D eigenvalue weighted by Gasteiger charge is 2.11. The molecule has 90 valence electrons. The van der Waals surface area contributed by atoms with Gasteiger partial charge >= 0.3 is 0 Å². The predicted molar refractivity (Wildman–Crippen MR) is 73.2 cm³/mol. The molecule has 1 aromatic carbocycles. The van der Waals surface area contributed by atoms with Gasteiger partial charge in [-0.25, -0.2) is 0 Å². The number of hydrogen-bond donors (Lipinski definition) is 1. The van der Waals surface area contributed by atoms with Gasteiger partial charge in [-0.3, -0.25) is 4.98 Å². The summed E-state index contributed by atoms with van der Waals surface area (Å²) in [5.41, 5.74) is 10.5. The molecule has 17 heavy (non-hydrogen) atoms. The van der Waals surface area contributed by atoms with Crippen LogP contribution in [0.15, 0.2) is 36.0 Å². The molecule has 0 spiro atoms. The second-order valence-electron chi connectivity index (χ2n) is 4.40. The van der Waals surface area contributed by atoms with Gasteiger partial charge in [0.25, 0.3) is 0 Å². The van der Waals surface area contributed by atoms with E-state index in [0.29, 0.717) is 5.92 Å². The fraction of sp³-hybridized carbons (Fsp3) is 0.357. The molecule has 1 atom stereocenters. The maximum absolute atomic E-state index is 5.87. The zero-order chi connectivity index (χ0) is 12.1. The van der Waals surface area contributed by atoms with Crippen LogP contribution in [0, 0.1) is 12.8 Å². The predicted octanol–water partition coefficient (Wildman–Crippen LogP) is 2.81. The number of nitrogens with two attached hydrogens (primary N) is 1. The largest absolute Gasteiger partial charge is 0.330 e. The Kier molecular flexibility index (Phi) is 4.29. The fourth-order valence-electron chi connectivity index (χ4n) is 2.02. The van der Waals surface area contributed by atoms with Crippen LogP contribution in [0.3, 0.4) is 0 Å². The topological polar surface area (TPSA) is 38.9 Å². The minimum Gasteiger partial charge on any atom is -0.330 e. The zero-order valence-electron chi connectivity index (χ0n) is 10.1. The van der Waals surface area contributed by atoms with Crippen LogP contribution in [0.25, 0.3) is 0 Å². The Labute approximate surface area is 107 Å². The molecule has 1 unspecified atom stereocenters. The first-order valence-electron chi connectivity index (χ1n) is 5.91. The monoisotopic (exact) mass is 246 g/mol.